The summed E-state index contributed by atoms with van der Waals surface area (Å²) in [6.07, 6.45) is 0.0423. The Balaban J connectivity index is 1.76. The van der Waals surface area contributed by atoms with Gasteiger partial charge in [-0.1, -0.05) is 23.5 Å². The predicted octanol–water partition coefficient (Wildman–Crippen LogP) is 3.37. The van der Waals surface area contributed by atoms with Gasteiger partial charge < -0.3 is 0 Å². The highest BCUT2D eigenvalue weighted by Crippen LogP contribution is 2.26. The summed E-state index contributed by atoms with van der Waals surface area (Å²) < 4.78 is 27.7. The first kappa shape index (κ1) is 21.4. The van der Waals surface area contributed by atoms with Crippen molar-refractivity contribution < 1.29 is 13.2 Å². The van der Waals surface area contributed by atoms with Gasteiger partial charge in [0.15, 0.2) is 5.13 Å². The molecule has 0 unspecified atom stereocenters. The number of benzene rings is 2. The molecule has 0 aliphatic rings. The van der Waals surface area contributed by atoms with Gasteiger partial charge in [0.1, 0.15) is 0 Å². The van der Waals surface area contributed by atoms with E-state index in [-0.39, 0.29) is 36.4 Å². The molecule has 1 N–H and O–H groups in total. The highest BCUT2D eigenvalue weighted by Gasteiger charge is 2.24. The minimum absolute atomic E-state index is 0.000355. The lowest BCUT2D eigenvalue weighted by Gasteiger charge is -2.20. The SMILES string of the molecule is N#CCCN(CCC#N)S(=O)(=O)c1ccc(C(=O)Nc2nc3ccccc3s2)cc1. The van der Waals surface area contributed by atoms with E-state index in [0.29, 0.717) is 5.13 Å². The van der Waals surface area contributed by atoms with Gasteiger partial charge in [-0.25, -0.2) is 13.4 Å². The molecule has 1 aromatic heterocycles. The van der Waals surface area contributed by atoms with E-state index in [9.17, 15) is 13.2 Å². The van der Waals surface area contributed by atoms with Crippen molar-refractivity contribution in [2.24, 2.45) is 0 Å². The van der Waals surface area contributed by atoms with Crippen molar-refractivity contribution in [3.63, 3.8) is 0 Å². The second-order valence-corrected chi connectivity index (χ2v) is 9.15. The maximum absolute atomic E-state index is 12.8. The molecule has 0 fully saturated rings. The number of anilines is 1. The normalized spacial score (nSPS) is 11.2. The van der Waals surface area contributed by atoms with Gasteiger partial charge in [-0.15, -0.1) is 0 Å². The highest BCUT2D eigenvalue weighted by atomic mass is 32.2. The van der Waals surface area contributed by atoms with Crippen LogP contribution in [0.25, 0.3) is 10.2 Å². The zero-order valence-corrected chi connectivity index (χ0v) is 17.4. The summed E-state index contributed by atoms with van der Waals surface area (Å²) in [7, 11) is -3.88. The molecular formula is C20H17N5O3S2. The van der Waals surface area contributed by atoms with E-state index < -0.39 is 15.9 Å². The Hall–Kier alpha value is -3.31. The molecule has 10 heteroatoms. The lowest BCUT2D eigenvalue weighted by molar-refractivity contribution is 0.102. The van der Waals surface area contributed by atoms with Gasteiger partial charge in [0, 0.05) is 31.5 Å². The van der Waals surface area contributed by atoms with E-state index >= 15 is 0 Å². The Kier molecular flexibility index (Phi) is 6.75. The van der Waals surface area contributed by atoms with Crippen molar-refractivity contribution in [1.82, 2.24) is 9.29 Å². The number of nitrogens with one attached hydrogen (secondary N) is 1. The van der Waals surface area contributed by atoms with Crippen molar-refractivity contribution in [3.8, 4) is 12.1 Å². The summed E-state index contributed by atoms with van der Waals surface area (Å²) in [5.41, 5.74) is 1.07. The molecule has 0 aliphatic carbocycles. The van der Waals surface area contributed by atoms with E-state index in [1.54, 1.807) is 0 Å². The monoisotopic (exact) mass is 439 g/mol. The van der Waals surface area contributed by atoms with Crippen LogP contribution in [0.4, 0.5) is 5.13 Å². The zero-order chi connectivity index (χ0) is 21.6. The summed E-state index contributed by atoms with van der Waals surface area (Å²) in [6, 6.07) is 16.9. The second-order valence-electron chi connectivity index (χ2n) is 6.19. The Morgan fingerprint density at radius 1 is 1.03 bits per heavy atom. The molecule has 0 aliphatic heterocycles. The molecule has 3 aromatic rings. The Labute approximate surface area is 178 Å². The third-order valence-electron chi connectivity index (χ3n) is 4.21. The number of carbonyl (C=O) groups is 1. The van der Waals surface area contributed by atoms with Crippen LogP contribution in [0.2, 0.25) is 0 Å². The minimum atomic E-state index is -3.88. The zero-order valence-electron chi connectivity index (χ0n) is 15.8. The average molecular weight is 440 g/mol. The quantitative estimate of drug-likeness (QED) is 0.573. The van der Waals surface area contributed by atoms with Gasteiger partial charge in [-0.05, 0) is 36.4 Å². The maximum Gasteiger partial charge on any atom is 0.257 e. The number of fused-ring (bicyclic) bond motifs is 1. The number of thiazole rings is 1. The van der Waals surface area contributed by atoms with Gasteiger partial charge in [0.2, 0.25) is 10.0 Å². The van der Waals surface area contributed by atoms with E-state index in [1.165, 1.54) is 35.6 Å². The lowest BCUT2D eigenvalue weighted by atomic mass is 10.2. The average Bonchev–Trinajstić information content (AvgIpc) is 3.16. The second kappa shape index (κ2) is 9.46. The topological polar surface area (TPSA) is 127 Å². The fraction of sp³-hybridized carbons (Fsp3) is 0.200. The summed E-state index contributed by atoms with van der Waals surface area (Å²) in [4.78, 5) is 16.8. The van der Waals surface area contributed by atoms with Crippen molar-refractivity contribution >= 4 is 42.6 Å². The summed E-state index contributed by atoms with van der Waals surface area (Å²) >= 11 is 1.35. The minimum Gasteiger partial charge on any atom is -0.298 e. The van der Waals surface area contributed by atoms with Crippen LogP contribution in [0, 0.1) is 22.7 Å². The number of nitrogens with zero attached hydrogens (tertiary/aromatic N) is 4. The Morgan fingerprint density at radius 3 is 2.27 bits per heavy atom. The fourth-order valence-electron chi connectivity index (χ4n) is 2.72. The standard InChI is InChI=1S/C20H17N5O3S2/c21-11-3-13-25(14-4-12-22)30(27,28)16-9-7-15(8-10-16)19(26)24-20-23-17-5-1-2-6-18(17)29-20/h1-2,5-10H,3-4,13-14H2,(H,23,24,26). The third-order valence-corrected chi connectivity index (χ3v) is 7.08. The number of rotatable bonds is 8. The van der Waals surface area contributed by atoms with Crippen LogP contribution >= 0.6 is 11.3 Å². The van der Waals surface area contributed by atoms with Crippen molar-refractivity contribution in [3.05, 3.63) is 54.1 Å². The van der Waals surface area contributed by atoms with Gasteiger partial charge in [-0.2, -0.15) is 14.8 Å². The van der Waals surface area contributed by atoms with E-state index in [1.807, 2.05) is 36.4 Å². The molecule has 8 nitrogen and oxygen atoms in total. The molecule has 1 heterocycles. The van der Waals surface area contributed by atoms with Crippen molar-refractivity contribution in [2.45, 2.75) is 17.7 Å². The number of hydrogen-bond donors (Lipinski definition) is 1. The molecule has 30 heavy (non-hydrogen) atoms. The third kappa shape index (κ3) is 4.81. The van der Waals surface area contributed by atoms with Crippen molar-refractivity contribution in [1.29, 1.82) is 10.5 Å². The smallest absolute Gasteiger partial charge is 0.257 e. The number of aromatic nitrogens is 1. The predicted molar refractivity (Wildman–Crippen MR) is 113 cm³/mol. The van der Waals surface area contributed by atoms with E-state index in [0.717, 1.165) is 14.5 Å². The molecule has 0 saturated carbocycles. The first-order valence-electron chi connectivity index (χ1n) is 8.97. The largest absolute Gasteiger partial charge is 0.298 e. The molecule has 2 aromatic carbocycles. The van der Waals surface area contributed by atoms with Crippen LogP contribution in [0.1, 0.15) is 23.2 Å². The first-order chi connectivity index (χ1) is 14.5. The maximum atomic E-state index is 12.8. The van der Waals surface area contributed by atoms with Gasteiger partial charge >= 0.3 is 0 Å². The molecule has 0 spiro atoms. The number of amides is 1. The molecule has 0 saturated heterocycles. The van der Waals surface area contributed by atoms with Crippen LogP contribution in [-0.4, -0.2) is 36.7 Å². The van der Waals surface area contributed by atoms with Gasteiger partial charge in [0.25, 0.3) is 5.91 Å². The molecular weight excluding hydrogens is 422 g/mol. The first-order valence-corrected chi connectivity index (χ1v) is 11.2. The summed E-state index contributed by atoms with van der Waals surface area (Å²) in [5.74, 6) is -0.399. The summed E-state index contributed by atoms with van der Waals surface area (Å²) in [5, 5.41) is 20.7. The van der Waals surface area contributed by atoms with E-state index in [2.05, 4.69) is 10.3 Å². The number of carbonyl (C=O) groups excluding carboxylic acids is 1. The lowest BCUT2D eigenvalue weighted by Crippen LogP contribution is -2.32. The molecule has 0 bridgehead atoms. The molecule has 3 rings (SSSR count). The fourth-order valence-corrected chi connectivity index (χ4v) is 5.03. The molecule has 0 radical (unpaired) electrons. The Morgan fingerprint density at radius 2 is 1.67 bits per heavy atom. The number of nitriles is 2. The Bertz CT molecular complexity index is 1190. The number of sulfonamides is 1. The van der Waals surface area contributed by atoms with Gasteiger partial charge in [-0.3, -0.25) is 10.1 Å². The highest BCUT2D eigenvalue weighted by molar-refractivity contribution is 7.89. The van der Waals surface area contributed by atoms with Gasteiger partial charge in [0.05, 0.1) is 27.3 Å². The molecule has 1 amide bonds. The van der Waals surface area contributed by atoms with Crippen LogP contribution < -0.4 is 5.32 Å². The van der Waals surface area contributed by atoms with Crippen LogP contribution in [0.3, 0.4) is 0 Å². The van der Waals surface area contributed by atoms with E-state index in [4.69, 9.17) is 10.5 Å². The molecule has 0 atom stereocenters. The van der Waals surface area contributed by atoms with Crippen LogP contribution in [0.15, 0.2) is 53.4 Å². The summed E-state index contributed by atoms with van der Waals surface area (Å²) in [6.45, 7) is 0.000709. The molecule has 152 valence electrons. The number of para-hydroxylation sites is 1. The number of hydrogen-bond acceptors (Lipinski definition) is 7. The van der Waals surface area contributed by atoms with Crippen molar-refractivity contribution in [2.75, 3.05) is 18.4 Å². The van der Waals surface area contributed by atoms with Crippen LogP contribution in [-0.2, 0) is 10.0 Å². The van der Waals surface area contributed by atoms with Crippen LogP contribution in [0.5, 0.6) is 0 Å².